The molecular formula is C22H32O3. The summed E-state index contributed by atoms with van der Waals surface area (Å²) in [6, 6.07) is 0. The summed E-state index contributed by atoms with van der Waals surface area (Å²) in [6.07, 6.45) is 12.8. The summed E-state index contributed by atoms with van der Waals surface area (Å²) in [4.78, 5) is 23.1. The van der Waals surface area contributed by atoms with E-state index in [1.165, 1.54) is 18.9 Å². The van der Waals surface area contributed by atoms with E-state index < -0.39 is 0 Å². The lowest BCUT2D eigenvalue weighted by atomic mass is 9.54. The van der Waals surface area contributed by atoms with Crippen molar-refractivity contribution in [3.8, 4) is 0 Å². The average Bonchev–Trinajstić information content (AvgIpc) is 2.92. The molecular weight excluding hydrogens is 312 g/mol. The molecule has 0 bridgehead atoms. The molecule has 3 heteroatoms. The van der Waals surface area contributed by atoms with Gasteiger partial charge in [-0.15, -0.1) is 0 Å². The smallest absolute Gasteiger partial charge is 0.302 e. The van der Waals surface area contributed by atoms with Gasteiger partial charge < -0.3 is 4.74 Å². The van der Waals surface area contributed by atoms with Crippen molar-refractivity contribution in [2.75, 3.05) is 0 Å². The molecule has 0 aromatic heterocycles. The first-order valence-corrected chi connectivity index (χ1v) is 10.1. The highest BCUT2D eigenvalue weighted by atomic mass is 16.5. The largest absolute Gasteiger partial charge is 0.462 e. The van der Waals surface area contributed by atoms with Crippen LogP contribution in [0.1, 0.15) is 66.2 Å². The van der Waals surface area contributed by atoms with Crippen molar-refractivity contribution >= 4 is 11.8 Å². The first kappa shape index (κ1) is 18.4. The summed E-state index contributed by atoms with van der Waals surface area (Å²) in [6.45, 7) is 7.86. The van der Waals surface area contributed by atoms with Crippen molar-refractivity contribution in [2.24, 2.45) is 29.1 Å². The van der Waals surface area contributed by atoms with Crippen LogP contribution in [0.4, 0.5) is 0 Å². The van der Waals surface area contributed by atoms with E-state index >= 15 is 0 Å². The molecule has 138 valence electrons. The van der Waals surface area contributed by atoms with Gasteiger partial charge in [0.1, 0.15) is 6.10 Å². The second-order valence-corrected chi connectivity index (χ2v) is 8.18. The summed E-state index contributed by atoms with van der Waals surface area (Å²) in [5.41, 5.74) is 1.39. The van der Waals surface area contributed by atoms with E-state index in [4.69, 9.17) is 4.74 Å². The van der Waals surface area contributed by atoms with Crippen molar-refractivity contribution in [1.82, 2.24) is 0 Å². The van der Waals surface area contributed by atoms with Gasteiger partial charge in [0.2, 0.25) is 0 Å². The zero-order chi connectivity index (χ0) is 18.2. The Bertz CT molecular complexity index is 602. The highest BCUT2D eigenvalue weighted by Gasteiger charge is 2.56. The molecule has 0 aliphatic heterocycles. The highest BCUT2D eigenvalue weighted by molar-refractivity contribution is 5.91. The number of esters is 1. The number of carbonyl (C=O) groups is 2. The maximum Gasteiger partial charge on any atom is 0.302 e. The molecule has 25 heavy (non-hydrogen) atoms. The van der Waals surface area contributed by atoms with Crippen molar-refractivity contribution in [3.05, 3.63) is 23.8 Å². The Balaban J connectivity index is 0.000000880. The number of ether oxygens (including phenoxy) is 1. The predicted molar refractivity (Wildman–Crippen MR) is 98.9 cm³/mol. The lowest BCUT2D eigenvalue weighted by Crippen LogP contribution is -2.47. The molecule has 2 unspecified atom stereocenters. The highest BCUT2D eigenvalue weighted by Crippen LogP contribution is 2.60. The van der Waals surface area contributed by atoms with Crippen LogP contribution in [0.5, 0.6) is 0 Å². The number of allylic oxidation sites excluding steroid dienone is 4. The lowest BCUT2D eigenvalue weighted by molar-refractivity contribution is -0.155. The van der Waals surface area contributed by atoms with Gasteiger partial charge in [-0.25, -0.2) is 0 Å². The first-order chi connectivity index (χ1) is 12.0. The number of carbonyl (C=O) groups excluding carboxylic acids is 2. The fourth-order valence-electron chi connectivity index (χ4n) is 6.00. The van der Waals surface area contributed by atoms with Crippen LogP contribution in [0.15, 0.2) is 23.8 Å². The molecule has 0 N–H and O–H groups in total. The van der Waals surface area contributed by atoms with E-state index in [1.54, 1.807) is 0 Å². The zero-order valence-corrected chi connectivity index (χ0v) is 16.1. The maximum atomic E-state index is 11.7. The van der Waals surface area contributed by atoms with Crippen LogP contribution in [0.25, 0.3) is 0 Å². The number of rotatable bonds is 1. The molecule has 6 atom stereocenters. The molecule has 0 aromatic rings. The van der Waals surface area contributed by atoms with Gasteiger partial charge in [-0.05, 0) is 67.4 Å². The molecule has 4 aliphatic carbocycles. The summed E-state index contributed by atoms with van der Waals surface area (Å²) in [5.74, 6) is 2.59. The Morgan fingerprint density at radius 1 is 1.20 bits per heavy atom. The van der Waals surface area contributed by atoms with E-state index in [-0.39, 0.29) is 23.3 Å². The Labute approximate surface area is 151 Å². The van der Waals surface area contributed by atoms with Crippen LogP contribution in [-0.4, -0.2) is 17.9 Å². The van der Waals surface area contributed by atoms with Crippen LogP contribution in [-0.2, 0) is 14.3 Å². The molecule has 0 heterocycles. The molecule has 2 fully saturated rings. The van der Waals surface area contributed by atoms with Crippen molar-refractivity contribution in [3.63, 3.8) is 0 Å². The standard InChI is InChI=1S/C20H26O3.C2H6/c1-12(21)23-19-8-7-18-17-5-3-13-11-14(22)4-6-15(13)16(17)9-10-20(18,19)2;1-2/h3,5,11,15-19H,4,6-10H2,1-2H3;1-2H3/t15?,16-,17-,18+,19+,20?;/m1./s1. The van der Waals surface area contributed by atoms with E-state index in [0.717, 1.165) is 25.7 Å². The molecule has 2 saturated carbocycles. The van der Waals surface area contributed by atoms with Gasteiger partial charge in [-0.2, -0.15) is 0 Å². The van der Waals surface area contributed by atoms with Crippen LogP contribution in [0.3, 0.4) is 0 Å². The molecule has 0 spiro atoms. The number of fused-ring (bicyclic) bond motifs is 5. The topological polar surface area (TPSA) is 43.4 Å². The zero-order valence-electron chi connectivity index (χ0n) is 16.1. The minimum Gasteiger partial charge on any atom is -0.462 e. The van der Waals surface area contributed by atoms with Crippen LogP contribution >= 0.6 is 0 Å². The quantitative estimate of drug-likeness (QED) is 0.638. The van der Waals surface area contributed by atoms with Crippen LogP contribution in [0.2, 0.25) is 0 Å². The lowest BCUT2D eigenvalue weighted by Gasteiger charge is -2.51. The fraction of sp³-hybridized carbons (Fsp3) is 0.727. The normalized spacial score (nSPS) is 41.5. The number of ketones is 1. The molecule has 0 aromatic carbocycles. The summed E-state index contributed by atoms with van der Waals surface area (Å²) < 4.78 is 5.67. The third-order valence-electron chi connectivity index (χ3n) is 7.09. The van der Waals surface area contributed by atoms with Crippen molar-refractivity contribution < 1.29 is 14.3 Å². The summed E-state index contributed by atoms with van der Waals surface area (Å²) >= 11 is 0. The number of hydrogen-bond acceptors (Lipinski definition) is 3. The van der Waals surface area contributed by atoms with Gasteiger partial charge in [-0.3, -0.25) is 9.59 Å². The van der Waals surface area contributed by atoms with Gasteiger partial charge in [0, 0.05) is 18.8 Å². The molecule has 0 saturated heterocycles. The molecule has 4 aliphatic rings. The predicted octanol–water partition coefficient (Wildman–Crippen LogP) is 4.86. The minimum absolute atomic E-state index is 0.0872. The summed E-state index contributed by atoms with van der Waals surface area (Å²) in [5, 5.41) is 0. The monoisotopic (exact) mass is 344 g/mol. The fourth-order valence-corrected chi connectivity index (χ4v) is 6.00. The number of hydrogen-bond donors (Lipinski definition) is 0. The third kappa shape index (κ3) is 3.11. The van der Waals surface area contributed by atoms with Crippen LogP contribution in [0, 0.1) is 29.1 Å². The Hall–Kier alpha value is -1.38. The Morgan fingerprint density at radius 3 is 2.68 bits per heavy atom. The van der Waals surface area contributed by atoms with Gasteiger partial charge >= 0.3 is 5.97 Å². The minimum atomic E-state index is -0.144. The molecule has 0 radical (unpaired) electrons. The molecule has 0 amide bonds. The van der Waals surface area contributed by atoms with E-state index in [1.807, 2.05) is 19.9 Å². The Morgan fingerprint density at radius 2 is 1.96 bits per heavy atom. The second-order valence-electron chi connectivity index (χ2n) is 8.18. The van der Waals surface area contributed by atoms with Crippen LogP contribution < -0.4 is 0 Å². The van der Waals surface area contributed by atoms with Gasteiger partial charge in [0.15, 0.2) is 5.78 Å². The van der Waals surface area contributed by atoms with Gasteiger partial charge in [0.25, 0.3) is 0 Å². The third-order valence-corrected chi connectivity index (χ3v) is 7.09. The SMILES string of the molecule is CC.CC(=O)O[C@H]1CC[C@H]2[C@@H]3C=CC4=CC(=O)CCC4[C@H]3CCC12C. The van der Waals surface area contributed by atoms with Gasteiger partial charge in [0.05, 0.1) is 0 Å². The molecule has 3 nitrogen and oxygen atoms in total. The van der Waals surface area contributed by atoms with E-state index in [9.17, 15) is 9.59 Å². The second kappa shape index (κ2) is 7.09. The van der Waals surface area contributed by atoms with Crippen molar-refractivity contribution in [2.45, 2.75) is 72.3 Å². The average molecular weight is 344 g/mol. The maximum absolute atomic E-state index is 11.7. The van der Waals surface area contributed by atoms with Crippen molar-refractivity contribution in [1.29, 1.82) is 0 Å². The Kier molecular flexibility index (Phi) is 5.22. The van der Waals surface area contributed by atoms with E-state index in [2.05, 4.69) is 19.1 Å². The van der Waals surface area contributed by atoms with Gasteiger partial charge in [-0.1, -0.05) is 32.9 Å². The summed E-state index contributed by atoms with van der Waals surface area (Å²) in [7, 11) is 0. The first-order valence-electron chi connectivity index (χ1n) is 10.1. The van der Waals surface area contributed by atoms with E-state index in [0.29, 0.717) is 30.1 Å². The molecule has 4 rings (SSSR count).